The fourth-order valence-electron chi connectivity index (χ4n) is 1.92. The number of anilines is 1. The van der Waals surface area contributed by atoms with Gasteiger partial charge in [-0.2, -0.15) is 0 Å². The topological polar surface area (TPSA) is 84.2 Å². The van der Waals surface area contributed by atoms with Crippen LogP contribution in [0.15, 0.2) is 34.9 Å². The minimum atomic E-state index is -0.436. The molecule has 0 saturated carbocycles. The van der Waals surface area contributed by atoms with Crippen LogP contribution in [-0.2, 0) is 0 Å². The van der Waals surface area contributed by atoms with Gasteiger partial charge in [0.15, 0.2) is 0 Å². The Balaban J connectivity index is 2.11. The highest BCUT2D eigenvalue weighted by atomic mass is 16.5. The predicted molar refractivity (Wildman–Crippen MR) is 82.9 cm³/mol. The van der Waals surface area contributed by atoms with Crippen LogP contribution in [0.2, 0.25) is 0 Å². The molecule has 2 N–H and O–H groups in total. The molecule has 0 aliphatic carbocycles. The Morgan fingerprint density at radius 2 is 2.00 bits per heavy atom. The van der Waals surface area contributed by atoms with Crippen molar-refractivity contribution >= 4 is 17.5 Å². The zero-order chi connectivity index (χ0) is 15.9. The van der Waals surface area contributed by atoms with Crippen molar-refractivity contribution in [3.63, 3.8) is 0 Å². The third-order valence-electron chi connectivity index (χ3n) is 3.09. The summed E-state index contributed by atoms with van der Waals surface area (Å²) in [4.78, 5) is 24.3. The molecule has 0 bridgehead atoms. The quantitative estimate of drug-likeness (QED) is 0.803. The highest BCUT2D eigenvalue weighted by Crippen LogP contribution is 2.16. The van der Waals surface area contributed by atoms with Crippen LogP contribution in [0.5, 0.6) is 0 Å². The number of carbonyl (C=O) groups excluding carboxylic acids is 2. The Bertz CT molecular complexity index is 664. The van der Waals surface area contributed by atoms with Crippen molar-refractivity contribution in [3.8, 4) is 0 Å². The molecule has 0 fully saturated rings. The number of hydrogen-bond donors (Lipinski definition) is 2. The number of benzene rings is 1. The molecule has 0 unspecified atom stereocenters. The molecule has 6 heteroatoms. The molecule has 116 valence electrons. The van der Waals surface area contributed by atoms with E-state index in [1.54, 1.807) is 37.3 Å². The van der Waals surface area contributed by atoms with Crippen molar-refractivity contribution in [2.75, 3.05) is 11.9 Å². The summed E-state index contributed by atoms with van der Waals surface area (Å²) in [6, 6.07) is 8.39. The number of aryl methyl sites for hydroxylation is 1. The van der Waals surface area contributed by atoms with Gasteiger partial charge < -0.3 is 15.2 Å². The van der Waals surface area contributed by atoms with Crippen molar-refractivity contribution in [1.82, 2.24) is 10.5 Å². The predicted octanol–water partition coefficient (Wildman–Crippen LogP) is 2.77. The molecular weight excluding hydrogens is 282 g/mol. The first-order chi connectivity index (χ1) is 10.6. The molecule has 0 atom stereocenters. The Kier molecular flexibility index (Phi) is 5.30. The van der Waals surface area contributed by atoms with Gasteiger partial charge in [-0.1, -0.05) is 30.6 Å². The molecule has 22 heavy (non-hydrogen) atoms. The summed E-state index contributed by atoms with van der Waals surface area (Å²) in [6.45, 7) is 4.40. The first kappa shape index (κ1) is 15.8. The minimum absolute atomic E-state index is 0.110. The van der Waals surface area contributed by atoms with Crippen molar-refractivity contribution in [1.29, 1.82) is 0 Å². The summed E-state index contributed by atoms with van der Waals surface area (Å²) in [7, 11) is 0. The standard InChI is InChI=1S/C16H19N3O3/c1-3-4-9-17-15(20)12-7-5-6-8-13(12)18-16(21)14-10-11(2)19-22-14/h5-8,10H,3-4,9H2,1-2H3,(H,17,20)(H,18,21). The highest BCUT2D eigenvalue weighted by Gasteiger charge is 2.16. The van der Waals surface area contributed by atoms with E-state index in [2.05, 4.69) is 22.7 Å². The molecule has 2 aromatic rings. The number of carbonyl (C=O) groups is 2. The molecule has 1 aromatic heterocycles. The van der Waals surface area contributed by atoms with Crippen LogP contribution in [0, 0.1) is 6.92 Å². The lowest BCUT2D eigenvalue weighted by Crippen LogP contribution is -2.26. The van der Waals surface area contributed by atoms with Crippen LogP contribution in [0.3, 0.4) is 0 Å². The van der Waals surface area contributed by atoms with Gasteiger partial charge >= 0.3 is 0 Å². The first-order valence-corrected chi connectivity index (χ1v) is 7.23. The monoisotopic (exact) mass is 301 g/mol. The van der Waals surface area contributed by atoms with Gasteiger partial charge in [-0.25, -0.2) is 0 Å². The third-order valence-corrected chi connectivity index (χ3v) is 3.09. The Hall–Kier alpha value is -2.63. The van der Waals surface area contributed by atoms with Crippen LogP contribution in [-0.4, -0.2) is 23.5 Å². The average molecular weight is 301 g/mol. The maximum Gasteiger partial charge on any atom is 0.294 e. The van der Waals surface area contributed by atoms with Gasteiger partial charge in [-0.05, 0) is 25.5 Å². The van der Waals surface area contributed by atoms with Crippen LogP contribution >= 0.6 is 0 Å². The summed E-state index contributed by atoms with van der Waals surface area (Å²) < 4.78 is 4.92. The van der Waals surface area contributed by atoms with Gasteiger partial charge in [0.2, 0.25) is 5.76 Å². The molecule has 1 heterocycles. The van der Waals surface area contributed by atoms with Crippen LogP contribution in [0.1, 0.15) is 46.4 Å². The van der Waals surface area contributed by atoms with Gasteiger partial charge in [-0.3, -0.25) is 9.59 Å². The maximum atomic E-state index is 12.2. The SMILES string of the molecule is CCCCNC(=O)c1ccccc1NC(=O)c1cc(C)no1. The Labute approximate surface area is 128 Å². The summed E-state index contributed by atoms with van der Waals surface area (Å²) in [5.74, 6) is -0.536. The minimum Gasteiger partial charge on any atom is -0.352 e. The summed E-state index contributed by atoms with van der Waals surface area (Å²) in [5.41, 5.74) is 1.48. The Morgan fingerprint density at radius 3 is 2.68 bits per heavy atom. The molecule has 0 radical (unpaired) electrons. The number of nitrogens with zero attached hydrogens (tertiary/aromatic N) is 1. The largest absolute Gasteiger partial charge is 0.352 e. The van der Waals surface area contributed by atoms with Crippen molar-refractivity contribution in [3.05, 3.63) is 47.3 Å². The van der Waals surface area contributed by atoms with Crippen LogP contribution in [0.4, 0.5) is 5.69 Å². The summed E-state index contributed by atoms with van der Waals surface area (Å²) in [6.07, 6.45) is 1.92. The molecule has 0 saturated heterocycles. The van der Waals surface area contributed by atoms with Gasteiger partial charge in [0.25, 0.3) is 11.8 Å². The fourth-order valence-corrected chi connectivity index (χ4v) is 1.92. The maximum absolute atomic E-state index is 12.2. The van der Waals surface area contributed by atoms with Crippen LogP contribution in [0.25, 0.3) is 0 Å². The molecule has 0 spiro atoms. The van der Waals surface area contributed by atoms with E-state index in [1.807, 2.05) is 0 Å². The van der Waals surface area contributed by atoms with Gasteiger partial charge in [0.05, 0.1) is 16.9 Å². The molecule has 0 aliphatic heterocycles. The Morgan fingerprint density at radius 1 is 1.23 bits per heavy atom. The lowest BCUT2D eigenvalue weighted by molar-refractivity contribution is 0.0954. The van der Waals surface area contributed by atoms with Gasteiger partial charge in [0.1, 0.15) is 0 Å². The lowest BCUT2D eigenvalue weighted by atomic mass is 10.1. The van der Waals surface area contributed by atoms with E-state index in [-0.39, 0.29) is 11.7 Å². The first-order valence-electron chi connectivity index (χ1n) is 7.23. The zero-order valence-corrected chi connectivity index (χ0v) is 12.7. The lowest BCUT2D eigenvalue weighted by Gasteiger charge is -2.10. The second-order valence-corrected chi connectivity index (χ2v) is 4.94. The molecule has 1 aromatic carbocycles. The van der Waals surface area contributed by atoms with E-state index < -0.39 is 5.91 Å². The van der Waals surface area contributed by atoms with Crippen molar-refractivity contribution in [2.45, 2.75) is 26.7 Å². The summed E-state index contributed by atoms with van der Waals surface area (Å²) >= 11 is 0. The number of aromatic nitrogens is 1. The van der Waals surface area contributed by atoms with E-state index in [1.165, 1.54) is 0 Å². The number of rotatable bonds is 6. The number of nitrogens with one attached hydrogen (secondary N) is 2. The third kappa shape index (κ3) is 3.94. The second kappa shape index (κ2) is 7.40. The highest BCUT2D eigenvalue weighted by molar-refractivity contribution is 6.07. The van der Waals surface area contributed by atoms with E-state index in [9.17, 15) is 9.59 Å². The summed E-state index contributed by atoms with van der Waals surface area (Å²) in [5, 5.41) is 9.18. The number of para-hydroxylation sites is 1. The molecule has 6 nitrogen and oxygen atoms in total. The van der Waals surface area contributed by atoms with E-state index in [4.69, 9.17) is 4.52 Å². The molecule has 2 rings (SSSR count). The van der Waals surface area contributed by atoms with Gasteiger partial charge in [0, 0.05) is 12.6 Å². The average Bonchev–Trinajstić information content (AvgIpc) is 2.94. The molecule has 2 amide bonds. The molecular formula is C16H19N3O3. The van der Waals surface area contributed by atoms with Crippen molar-refractivity contribution < 1.29 is 14.1 Å². The van der Waals surface area contributed by atoms with E-state index >= 15 is 0 Å². The number of hydrogen-bond acceptors (Lipinski definition) is 4. The molecule has 0 aliphatic rings. The number of unbranched alkanes of at least 4 members (excludes halogenated alkanes) is 1. The fraction of sp³-hybridized carbons (Fsp3) is 0.312. The smallest absolute Gasteiger partial charge is 0.294 e. The van der Waals surface area contributed by atoms with Crippen molar-refractivity contribution in [2.24, 2.45) is 0 Å². The van der Waals surface area contributed by atoms with Crippen LogP contribution < -0.4 is 10.6 Å². The normalized spacial score (nSPS) is 10.3. The van der Waals surface area contributed by atoms with E-state index in [0.717, 1.165) is 12.8 Å². The van der Waals surface area contributed by atoms with Gasteiger partial charge in [-0.15, -0.1) is 0 Å². The second-order valence-electron chi connectivity index (χ2n) is 4.94. The van der Waals surface area contributed by atoms with E-state index in [0.29, 0.717) is 23.5 Å². The number of amides is 2. The zero-order valence-electron chi connectivity index (χ0n) is 12.7.